The van der Waals surface area contributed by atoms with Crippen molar-refractivity contribution in [3.05, 3.63) is 28.7 Å². The van der Waals surface area contributed by atoms with E-state index in [4.69, 9.17) is 5.73 Å². The van der Waals surface area contributed by atoms with Crippen LogP contribution < -0.4 is 10.6 Å². The van der Waals surface area contributed by atoms with E-state index in [1.54, 1.807) is 24.3 Å². The van der Waals surface area contributed by atoms with Crippen molar-refractivity contribution in [2.75, 3.05) is 32.7 Å². The van der Waals surface area contributed by atoms with E-state index < -0.39 is 10.0 Å². The van der Waals surface area contributed by atoms with Crippen LogP contribution in [-0.2, 0) is 14.8 Å². The Bertz CT molecular complexity index is 580. The number of hydrogen-bond donors (Lipinski definition) is 2. The van der Waals surface area contributed by atoms with Gasteiger partial charge in [-0.15, -0.1) is 0 Å². The van der Waals surface area contributed by atoms with Crippen LogP contribution in [0.15, 0.2) is 33.6 Å². The molecule has 20 heavy (non-hydrogen) atoms. The maximum Gasteiger partial charge on any atom is 0.272 e. The summed E-state index contributed by atoms with van der Waals surface area (Å²) < 4.78 is 27.2. The number of quaternary nitrogens is 1. The molecule has 0 radical (unpaired) electrons. The van der Waals surface area contributed by atoms with Crippen LogP contribution in [0.4, 0.5) is 0 Å². The van der Waals surface area contributed by atoms with Gasteiger partial charge in [0, 0.05) is 4.47 Å². The van der Waals surface area contributed by atoms with Gasteiger partial charge in [0.1, 0.15) is 0 Å². The third kappa shape index (κ3) is 3.57. The van der Waals surface area contributed by atoms with E-state index in [-0.39, 0.29) is 12.5 Å². The molecule has 0 atom stereocenters. The minimum Gasteiger partial charge on any atom is -0.365 e. The normalized spacial score (nSPS) is 18.1. The quantitative estimate of drug-likeness (QED) is 0.707. The molecule has 1 aliphatic rings. The van der Waals surface area contributed by atoms with Crippen LogP contribution in [0.25, 0.3) is 0 Å². The predicted molar refractivity (Wildman–Crippen MR) is 77.7 cm³/mol. The van der Waals surface area contributed by atoms with Crippen molar-refractivity contribution in [3.63, 3.8) is 0 Å². The Balaban J connectivity index is 2.05. The van der Waals surface area contributed by atoms with Crippen molar-refractivity contribution < 1.29 is 18.1 Å². The summed E-state index contributed by atoms with van der Waals surface area (Å²) >= 11 is 3.28. The zero-order valence-corrected chi connectivity index (χ0v) is 13.3. The van der Waals surface area contributed by atoms with Crippen molar-refractivity contribution in [1.29, 1.82) is 0 Å². The number of carbonyl (C=O) groups is 1. The van der Waals surface area contributed by atoms with Crippen LogP contribution in [0.2, 0.25) is 0 Å². The second-order valence-electron chi connectivity index (χ2n) is 4.75. The average molecular weight is 363 g/mol. The third-order valence-electron chi connectivity index (χ3n) is 3.31. The number of piperazine rings is 1. The molecule has 6 nitrogen and oxygen atoms in total. The smallest absolute Gasteiger partial charge is 0.272 e. The molecular formula is C12H17BrN3O3S+. The van der Waals surface area contributed by atoms with E-state index in [0.717, 1.165) is 9.37 Å². The van der Waals surface area contributed by atoms with Crippen LogP contribution in [0.5, 0.6) is 0 Å². The SMILES string of the molecule is NC(=O)C[NH+]1CCN(S(=O)(=O)c2ccc(Br)cc2)CC1. The van der Waals surface area contributed by atoms with Gasteiger partial charge in [0.25, 0.3) is 5.91 Å². The van der Waals surface area contributed by atoms with Gasteiger partial charge in [-0.1, -0.05) is 15.9 Å². The molecule has 1 amide bonds. The first-order chi connectivity index (χ1) is 9.39. The first-order valence-electron chi connectivity index (χ1n) is 6.27. The highest BCUT2D eigenvalue weighted by Gasteiger charge is 2.30. The number of sulfonamides is 1. The van der Waals surface area contributed by atoms with Gasteiger partial charge in [-0.05, 0) is 24.3 Å². The van der Waals surface area contributed by atoms with Crippen molar-refractivity contribution in [3.8, 4) is 0 Å². The molecule has 2 rings (SSSR count). The van der Waals surface area contributed by atoms with Crippen molar-refractivity contribution >= 4 is 31.9 Å². The van der Waals surface area contributed by atoms with E-state index >= 15 is 0 Å². The molecule has 1 aliphatic heterocycles. The van der Waals surface area contributed by atoms with Crippen LogP contribution in [0.1, 0.15) is 0 Å². The van der Waals surface area contributed by atoms with E-state index in [1.165, 1.54) is 4.31 Å². The number of halogens is 1. The first-order valence-corrected chi connectivity index (χ1v) is 8.50. The fourth-order valence-electron chi connectivity index (χ4n) is 2.22. The molecule has 0 bridgehead atoms. The molecule has 8 heteroatoms. The molecule has 0 unspecified atom stereocenters. The molecule has 0 aromatic heterocycles. The number of primary amides is 1. The number of amides is 1. The number of carbonyl (C=O) groups excluding carboxylic acids is 1. The summed E-state index contributed by atoms with van der Waals surface area (Å²) in [6, 6.07) is 6.59. The zero-order chi connectivity index (χ0) is 14.8. The van der Waals surface area contributed by atoms with Gasteiger partial charge in [0.05, 0.1) is 31.1 Å². The Hall–Kier alpha value is -0.960. The van der Waals surface area contributed by atoms with E-state index in [2.05, 4.69) is 15.9 Å². The lowest BCUT2D eigenvalue weighted by Gasteiger charge is -2.30. The fourth-order valence-corrected chi connectivity index (χ4v) is 3.93. The zero-order valence-electron chi connectivity index (χ0n) is 10.9. The summed E-state index contributed by atoms with van der Waals surface area (Å²) in [7, 11) is -3.45. The molecule has 3 N–H and O–H groups in total. The molecule has 1 saturated heterocycles. The van der Waals surface area contributed by atoms with Gasteiger partial charge in [-0.2, -0.15) is 4.31 Å². The molecule has 1 aromatic rings. The third-order valence-corrected chi connectivity index (χ3v) is 5.75. The van der Waals surface area contributed by atoms with Crippen molar-refractivity contribution in [2.24, 2.45) is 5.73 Å². The molecule has 1 aromatic carbocycles. The lowest BCUT2D eigenvalue weighted by Crippen LogP contribution is -3.15. The second kappa shape index (κ2) is 6.21. The maximum absolute atomic E-state index is 12.4. The van der Waals surface area contributed by atoms with Gasteiger partial charge in [-0.25, -0.2) is 8.42 Å². The molecule has 1 fully saturated rings. The van der Waals surface area contributed by atoms with Crippen molar-refractivity contribution in [2.45, 2.75) is 4.90 Å². The van der Waals surface area contributed by atoms with E-state index in [0.29, 0.717) is 31.1 Å². The molecule has 1 heterocycles. The summed E-state index contributed by atoms with van der Waals surface area (Å²) in [5, 5.41) is 0. The lowest BCUT2D eigenvalue weighted by molar-refractivity contribution is -0.895. The summed E-state index contributed by atoms with van der Waals surface area (Å²) in [5.74, 6) is -0.357. The lowest BCUT2D eigenvalue weighted by atomic mass is 10.3. The van der Waals surface area contributed by atoms with E-state index in [1.807, 2.05) is 0 Å². The topological polar surface area (TPSA) is 84.9 Å². The molecular weight excluding hydrogens is 346 g/mol. The van der Waals surface area contributed by atoms with Crippen LogP contribution in [0, 0.1) is 0 Å². The van der Waals surface area contributed by atoms with Gasteiger partial charge < -0.3 is 10.6 Å². The summed E-state index contributed by atoms with van der Waals surface area (Å²) in [5.41, 5.74) is 5.15. The monoisotopic (exact) mass is 362 g/mol. The van der Waals surface area contributed by atoms with Gasteiger partial charge in [-0.3, -0.25) is 4.79 Å². The highest BCUT2D eigenvalue weighted by atomic mass is 79.9. The number of benzene rings is 1. The molecule has 0 aliphatic carbocycles. The van der Waals surface area contributed by atoms with Gasteiger partial charge in [0.2, 0.25) is 10.0 Å². The summed E-state index contributed by atoms with van der Waals surface area (Å²) in [6.07, 6.45) is 0. The Morgan fingerprint density at radius 2 is 1.80 bits per heavy atom. The molecule has 110 valence electrons. The molecule has 0 spiro atoms. The maximum atomic E-state index is 12.4. The number of nitrogens with zero attached hydrogens (tertiary/aromatic N) is 1. The van der Waals surface area contributed by atoms with Crippen LogP contribution in [0.3, 0.4) is 0 Å². The summed E-state index contributed by atoms with van der Waals surface area (Å²) in [4.78, 5) is 12.2. The highest BCUT2D eigenvalue weighted by Crippen LogP contribution is 2.18. The highest BCUT2D eigenvalue weighted by molar-refractivity contribution is 9.10. The standard InChI is InChI=1S/C12H16BrN3O3S/c13-10-1-3-11(4-2-10)20(18,19)16-7-5-15(6-8-16)9-12(14)17/h1-4H,5-9H2,(H2,14,17)/p+1. The Morgan fingerprint density at radius 1 is 1.25 bits per heavy atom. The first kappa shape index (κ1) is 15.4. The van der Waals surface area contributed by atoms with Gasteiger partial charge in [0.15, 0.2) is 6.54 Å². The number of hydrogen-bond acceptors (Lipinski definition) is 3. The fraction of sp³-hybridized carbons (Fsp3) is 0.417. The average Bonchev–Trinajstić information content (AvgIpc) is 2.39. The van der Waals surface area contributed by atoms with Crippen LogP contribution >= 0.6 is 15.9 Å². The minimum atomic E-state index is -3.45. The van der Waals surface area contributed by atoms with E-state index in [9.17, 15) is 13.2 Å². The second-order valence-corrected chi connectivity index (χ2v) is 7.60. The van der Waals surface area contributed by atoms with Gasteiger partial charge >= 0.3 is 0 Å². The number of nitrogens with two attached hydrogens (primary N) is 1. The number of rotatable bonds is 4. The van der Waals surface area contributed by atoms with Crippen LogP contribution in [-0.4, -0.2) is 51.4 Å². The largest absolute Gasteiger partial charge is 0.365 e. The number of nitrogens with one attached hydrogen (secondary N) is 1. The predicted octanol–water partition coefficient (Wildman–Crippen LogP) is -1.18. The Labute approximate surface area is 126 Å². The van der Waals surface area contributed by atoms with Crippen molar-refractivity contribution in [1.82, 2.24) is 4.31 Å². The molecule has 0 saturated carbocycles. The Kier molecular flexibility index (Phi) is 4.79. The minimum absolute atomic E-state index is 0.256. The summed E-state index contributed by atoms with van der Waals surface area (Å²) in [6.45, 7) is 2.26. The Morgan fingerprint density at radius 3 is 2.30 bits per heavy atom.